The summed E-state index contributed by atoms with van der Waals surface area (Å²) in [5.74, 6) is -0.0451. The Balaban J connectivity index is 2.76. The Bertz CT molecular complexity index is 375. The summed E-state index contributed by atoms with van der Waals surface area (Å²) in [6.07, 6.45) is 0. The second-order valence-corrected chi connectivity index (χ2v) is 5.48. The largest absolute Gasteiger partial charge is 0.352 e. The maximum Gasteiger partial charge on any atom is 0.240 e. The van der Waals surface area contributed by atoms with E-state index >= 15 is 0 Å². The highest BCUT2D eigenvalue weighted by Crippen LogP contribution is 2.26. The quantitative estimate of drug-likeness (QED) is 0.843. The summed E-state index contributed by atoms with van der Waals surface area (Å²) in [5, 5.41) is 2.81. The van der Waals surface area contributed by atoms with Crippen LogP contribution in [0.4, 0.5) is 0 Å². The lowest BCUT2D eigenvalue weighted by molar-refractivity contribution is -0.122. The predicted octanol–water partition coefficient (Wildman–Crippen LogP) is 2.70. The highest BCUT2D eigenvalue weighted by molar-refractivity contribution is 9.13. The number of nitrogens with zero attached hydrogens (tertiary/aromatic N) is 2. The van der Waals surface area contributed by atoms with E-state index in [1.807, 2.05) is 13.8 Å². The van der Waals surface area contributed by atoms with Gasteiger partial charge in [0.1, 0.15) is 15.8 Å². The first kappa shape index (κ1) is 13.2. The molecule has 1 heterocycles. The van der Waals surface area contributed by atoms with Crippen molar-refractivity contribution >= 4 is 53.7 Å². The molecule has 0 radical (unpaired) electrons. The number of rotatable bonds is 3. The minimum atomic E-state index is -0.0451. The minimum Gasteiger partial charge on any atom is -0.352 e. The summed E-state index contributed by atoms with van der Waals surface area (Å²) in [5.41, 5.74) is 0. The third-order valence-corrected chi connectivity index (χ3v) is 4.07. The van der Waals surface area contributed by atoms with Gasteiger partial charge in [-0.2, -0.15) is 0 Å². The van der Waals surface area contributed by atoms with Crippen molar-refractivity contribution in [3.63, 3.8) is 0 Å². The van der Waals surface area contributed by atoms with E-state index in [0.717, 1.165) is 4.60 Å². The Morgan fingerprint density at radius 1 is 1.47 bits per heavy atom. The van der Waals surface area contributed by atoms with E-state index in [4.69, 9.17) is 0 Å². The van der Waals surface area contributed by atoms with Crippen LogP contribution in [0.2, 0.25) is 0 Å². The van der Waals surface area contributed by atoms with Crippen LogP contribution in [-0.4, -0.2) is 21.5 Å². The number of hydrogen-bond donors (Lipinski definition) is 1. The Kier molecular flexibility index (Phi) is 4.79. The molecular formula is C8H10Br3N3O. The third-order valence-electron chi connectivity index (χ3n) is 1.57. The monoisotopic (exact) mass is 401 g/mol. The fourth-order valence-electron chi connectivity index (χ4n) is 1.03. The number of imidazole rings is 1. The molecule has 0 bridgehead atoms. The number of amides is 1. The summed E-state index contributed by atoms with van der Waals surface area (Å²) in [4.78, 5) is 15.6. The normalized spacial score (nSPS) is 10.8. The SMILES string of the molecule is CC(C)NC(=O)Cn1c(Br)nc(Br)c1Br. The number of halogens is 3. The molecule has 0 fully saturated rings. The van der Waals surface area contributed by atoms with Gasteiger partial charge in [-0.25, -0.2) is 4.98 Å². The van der Waals surface area contributed by atoms with Crippen molar-refractivity contribution in [3.8, 4) is 0 Å². The van der Waals surface area contributed by atoms with Crippen molar-refractivity contribution < 1.29 is 4.79 Å². The second-order valence-electron chi connectivity index (χ2n) is 3.27. The van der Waals surface area contributed by atoms with Crippen molar-refractivity contribution in [2.75, 3.05) is 0 Å². The van der Waals surface area contributed by atoms with E-state index in [2.05, 4.69) is 58.1 Å². The highest BCUT2D eigenvalue weighted by Gasteiger charge is 2.14. The first-order valence-electron chi connectivity index (χ1n) is 4.28. The van der Waals surface area contributed by atoms with E-state index in [1.54, 1.807) is 4.57 Å². The Labute approximate surface area is 113 Å². The van der Waals surface area contributed by atoms with Crippen LogP contribution in [-0.2, 0) is 11.3 Å². The molecule has 0 aliphatic rings. The summed E-state index contributed by atoms with van der Waals surface area (Å²) in [6.45, 7) is 4.08. The molecule has 0 atom stereocenters. The summed E-state index contributed by atoms with van der Waals surface area (Å²) >= 11 is 9.88. The molecule has 1 rings (SSSR count). The number of hydrogen-bond acceptors (Lipinski definition) is 2. The van der Waals surface area contributed by atoms with E-state index in [-0.39, 0.29) is 18.5 Å². The van der Waals surface area contributed by atoms with Crippen LogP contribution < -0.4 is 5.32 Å². The third kappa shape index (κ3) is 3.57. The number of carbonyl (C=O) groups is 1. The molecule has 84 valence electrons. The van der Waals surface area contributed by atoms with Crippen LogP contribution in [0.15, 0.2) is 13.9 Å². The van der Waals surface area contributed by atoms with Crippen LogP contribution in [0.25, 0.3) is 0 Å². The average molecular weight is 404 g/mol. The van der Waals surface area contributed by atoms with Gasteiger partial charge in [-0.3, -0.25) is 4.79 Å². The first-order chi connectivity index (χ1) is 6.91. The molecule has 1 aromatic rings. The van der Waals surface area contributed by atoms with Gasteiger partial charge in [-0.15, -0.1) is 0 Å². The maximum atomic E-state index is 11.5. The van der Waals surface area contributed by atoms with Gasteiger partial charge in [0.05, 0.1) is 0 Å². The topological polar surface area (TPSA) is 46.9 Å². The van der Waals surface area contributed by atoms with Gasteiger partial charge < -0.3 is 9.88 Å². The Morgan fingerprint density at radius 3 is 2.47 bits per heavy atom. The smallest absolute Gasteiger partial charge is 0.240 e. The van der Waals surface area contributed by atoms with Gasteiger partial charge in [0.2, 0.25) is 5.91 Å². The lowest BCUT2D eigenvalue weighted by Gasteiger charge is -2.09. The molecule has 4 nitrogen and oxygen atoms in total. The maximum absolute atomic E-state index is 11.5. The van der Waals surface area contributed by atoms with Gasteiger partial charge in [0.15, 0.2) is 4.73 Å². The van der Waals surface area contributed by atoms with Crippen molar-refractivity contribution in [2.45, 2.75) is 26.4 Å². The minimum absolute atomic E-state index is 0.0451. The van der Waals surface area contributed by atoms with Gasteiger partial charge in [-0.05, 0) is 61.6 Å². The summed E-state index contributed by atoms with van der Waals surface area (Å²) in [6, 6.07) is 0.141. The highest BCUT2D eigenvalue weighted by atomic mass is 79.9. The van der Waals surface area contributed by atoms with E-state index in [1.165, 1.54) is 0 Å². The fourth-order valence-corrected chi connectivity index (χ4v) is 2.75. The average Bonchev–Trinajstić information content (AvgIpc) is 2.31. The molecule has 0 saturated carbocycles. The first-order valence-corrected chi connectivity index (χ1v) is 6.66. The molecule has 0 unspecified atom stereocenters. The van der Waals surface area contributed by atoms with Crippen LogP contribution in [0.3, 0.4) is 0 Å². The lowest BCUT2D eigenvalue weighted by atomic mass is 10.4. The summed E-state index contributed by atoms with van der Waals surface area (Å²) < 4.78 is 3.75. The van der Waals surface area contributed by atoms with Crippen LogP contribution in [0.1, 0.15) is 13.8 Å². The molecule has 7 heteroatoms. The van der Waals surface area contributed by atoms with E-state index in [9.17, 15) is 4.79 Å². The molecule has 15 heavy (non-hydrogen) atoms. The number of nitrogens with one attached hydrogen (secondary N) is 1. The van der Waals surface area contributed by atoms with Crippen LogP contribution in [0, 0.1) is 0 Å². The van der Waals surface area contributed by atoms with Crippen molar-refractivity contribution in [2.24, 2.45) is 0 Å². The molecule has 0 aliphatic heterocycles. The zero-order chi connectivity index (χ0) is 11.6. The lowest BCUT2D eigenvalue weighted by Crippen LogP contribution is -2.33. The van der Waals surface area contributed by atoms with Gasteiger partial charge >= 0.3 is 0 Å². The van der Waals surface area contributed by atoms with Crippen molar-refractivity contribution in [1.29, 1.82) is 0 Å². The van der Waals surface area contributed by atoms with E-state index in [0.29, 0.717) is 9.34 Å². The molecule has 1 aromatic heterocycles. The molecule has 0 saturated heterocycles. The molecule has 1 amide bonds. The van der Waals surface area contributed by atoms with E-state index < -0.39 is 0 Å². The van der Waals surface area contributed by atoms with Crippen molar-refractivity contribution in [3.05, 3.63) is 13.9 Å². The molecule has 0 aliphatic carbocycles. The summed E-state index contributed by atoms with van der Waals surface area (Å²) in [7, 11) is 0. The number of aromatic nitrogens is 2. The Morgan fingerprint density at radius 2 is 2.07 bits per heavy atom. The van der Waals surface area contributed by atoms with Crippen LogP contribution in [0.5, 0.6) is 0 Å². The number of carbonyl (C=O) groups excluding carboxylic acids is 1. The predicted molar refractivity (Wildman–Crippen MR) is 68.6 cm³/mol. The molecule has 0 spiro atoms. The Hall–Kier alpha value is 0.120. The fraction of sp³-hybridized carbons (Fsp3) is 0.500. The van der Waals surface area contributed by atoms with Crippen molar-refractivity contribution in [1.82, 2.24) is 14.9 Å². The molecule has 0 aromatic carbocycles. The zero-order valence-electron chi connectivity index (χ0n) is 8.22. The van der Waals surface area contributed by atoms with Gasteiger partial charge in [0.25, 0.3) is 0 Å². The van der Waals surface area contributed by atoms with Crippen LogP contribution >= 0.6 is 47.8 Å². The molecular weight excluding hydrogens is 394 g/mol. The standard InChI is InChI=1S/C8H10Br3N3O/c1-4(2)12-5(15)3-14-7(10)6(9)13-8(14)11/h4H,3H2,1-2H3,(H,12,15). The van der Waals surface area contributed by atoms with Gasteiger partial charge in [-0.1, -0.05) is 0 Å². The molecule has 1 N–H and O–H groups in total. The van der Waals surface area contributed by atoms with Gasteiger partial charge in [0, 0.05) is 6.04 Å². The zero-order valence-corrected chi connectivity index (χ0v) is 13.0. The second kappa shape index (κ2) is 5.45.